The fourth-order valence-electron chi connectivity index (χ4n) is 2.27. The predicted octanol–water partition coefficient (Wildman–Crippen LogP) is 3.05. The molecule has 0 aliphatic heterocycles. The second-order valence-electron chi connectivity index (χ2n) is 4.91. The summed E-state index contributed by atoms with van der Waals surface area (Å²) in [6.45, 7) is 1.56. The summed E-state index contributed by atoms with van der Waals surface area (Å²) in [5.41, 5.74) is 0.844. The molecule has 3 rings (SSSR count). The van der Waals surface area contributed by atoms with Gasteiger partial charge in [0.05, 0.1) is 5.56 Å². The van der Waals surface area contributed by atoms with E-state index in [2.05, 4.69) is 10.1 Å². The summed E-state index contributed by atoms with van der Waals surface area (Å²) in [5.74, 6) is -1.81. The summed E-state index contributed by atoms with van der Waals surface area (Å²) in [7, 11) is 0. The Morgan fingerprint density at radius 3 is 2.74 bits per heavy atom. The van der Waals surface area contributed by atoms with Crippen molar-refractivity contribution < 1.29 is 23.6 Å². The van der Waals surface area contributed by atoms with E-state index in [1.807, 2.05) is 0 Å². The molecule has 0 aliphatic rings. The van der Waals surface area contributed by atoms with Gasteiger partial charge in [-0.1, -0.05) is 17.3 Å². The Morgan fingerprint density at radius 1 is 1.30 bits per heavy atom. The Balaban J connectivity index is 2.07. The van der Waals surface area contributed by atoms with Crippen molar-refractivity contribution >= 4 is 11.8 Å². The minimum Gasteiger partial charge on any atom is -0.477 e. The molecule has 0 amide bonds. The second kappa shape index (κ2) is 5.53. The zero-order valence-electron chi connectivity index (χ0n) is 12.0. The van der Waals surface area contributed by atoms with E-state index in [-0.39, 0.29) is 28.3 Å². The van der Waals surface area contributed by atoms with Crippen molar-refractivity contribution in [1.29, 1.82) is 0 Å². The van der Waals surface area contributed by atoms with Crippen molar-refractivity contribution in [1.82, 2.24) is 10.1 Å². The van der Waals surface area contributed by atoms with Crippen molar-refractivity contribution in [2.45, 2.75) is 6.92 Å². The number of aromatic amines is 1. The van der Waals surface area contributed by atoms with Gasteiger partial charge in [-0.3, -0.25) is 4.79 Å². The molecule has 0 bridgehead atoms. The van der Waals surface area contributed by atoms with E-state index in [1.165, 1.54) is 30.5 Å². The van der Waals surface area contributed by atoms with Crippen LogP contribution in [0.2, 0.25) is 0 Å². The number of ketones is 1. The number of hydrogen-bond acceptors (Lipinski definition) is 4. The number of H-pyrrole nitrogens is 1. The topological polar surface area (TPSA) is 96.2 Å². The smallest absolute Gasteiger partial charge is 0.352 e. The molecular weight excluding hydrogens is 303 g/mol. The van der Waals surface area contributed by atoms with Gasteiger partial charge in [-0.05, 0) is 25.1 Å². The highest BCUT2D eigenvalue weighted by atomic mass is 19.1. The first kappa shape index (κ1) is 14.7. The largest absolute Gasteiger partial charge is 0.477 e. The quantitative estimate of drug-likeness (QED) is 0.721. The normalized spacial score (nSPS) is 10.7. The number of aryl methyl sites for hydroxylation is 1. The lowest BCUT2D eigenvalue weighted by Gasteiger charge is -2.01. The van der Waals surface area contributed by atoms with Crippen LogP contribution in [0.4, 0.5) is 4.39 Å². The molecule has 1 aromatic carbocycles. The lowest BCUT2D eigenvalue weighted by Crippen LogP contribution is -2.03. The number of aromatic carboxylic acids is 1. The van der Waals surface area contributed by atoms with Crippen LogP contribution in [-0.2, 0) is 0 Å². The Morgan fingerprint density at radius 2 is 2.09 bits per heavy atom. The van der Waals surface area contributed by atoms with Gasteiger partial charge in [-0.2, -0.15) is 0 Å². The maximum atomic E-state index is 13.4. The van der Waals surface area contributed by atoms with Crippen LogP contribution in [0.1, 0.15) is 32.2 Å². The van der Waals surface area contributed by atoms with Crippen LogP contribution in [0.3, 0.4) is 0 Å². The van der Waals surface area contributed by atoms with Gasteiger partial charge < -0.3 is 14.6 Å². The number of rotatable bonds is 4. The third-order valence-electron chi connectivity index (χ3n) is 3.36. The van der Waals surface area contributed by atoms with Gasteiger partial charge in [0.15, 0.2) is 5.78 Å². The summed E-state index contributed by atoms with van der Waals surface area (Å²) in [6.07, 6.45) is 1.30. The highest BCUT2D eigenvalue weighted by molar-refractivity contribution is 6.13. The van der Waals surface area contributed by atoms with Crippen LogP contribution in [0.25, 0.3) is 11.3 Å². The molecule has 0 aliphatic carbocycles. The van der Waals surface area contributed by atoms with E-state index in [9.17, 15) is 14.0 Å². The maximum Gasteiger partial charge on any atom is 0.352 e. The molecule has 23 heavy (non-hydrogen) atoms. The number of halogens is 1. The van der Waals surface area contributed by atoms with Gasteiger partial charge in [0.2, 0.25) is 0 Å². The van der Waals surface area contributed by atoms with E-state index >= 15 is 0 Å². The van der Waals surface area contributed by atoms with Crippen molar-refractivity contribution in [3.05, 3.63) is 64.9 Å². The summed E-state index contributed by atoms with van der Waals surface area (Å²) in [6, 6.07) is 6.86. The van der Waals surface area contributed by atoms with Gasteiger partial charge in [-0.15, -0.1) is 0 Å². The van der Waals surface area contributed by atoms with Crippen LogP contribution in [0.15, 0.2) is 41.1 Å². The Hall–Kier alpha value is -3.22. The molecule has 0 saturated heterocycles. The number of carboxylic acids is 1. The molecule has 0 radical (unpaired) electrons. The molecular formula is C16H11FN2O4. The van der Waals surface area contributed by atoms with Crippen LogP contribution in [-0.4, -0.2) is 27.0 Å². The van der Waals surface area contributed by atoms with Crippen LogP contribution in [0.5, 0.6) is 0 Å². The first-order chi connectivity index (χ1) is 11.0. The third-order valence-corrected chi connectivity index (χ3v) is 3.36. The molecule has 2 aromatic heterocycles. The van der Waals surface area contributed by atoms with Crippen molar-refractivity contribution in [2.24, 2.45) is 0 Å². The molecule has 0 saturated carbocycles. The van der Waals surface area contributed by atoms with E-state index in [0.29, 0.717) is 5.56 Å². The molecule has 6 nitrogen and oxygen atoms in total. The number of benzene rings is 1. The number of nitrogens with zero attached hydrogens (tertiary/aromatic N) is 1. The average Bonchev–Trinajstić information content (AvgIpc) is 3.13. The van der Waals surface area contributed by atoms with Gasteiger partial charge >= 0.3 is 5.97 Å². The number of aromatic nitrogens is 2. The zero-order valence-corrected chi connectivity index (χ0v) is 12.0. The first-order valence-corrected chi connectivity index (χ1v) is 6.66. The molecule has 3 aromatic rings. The molecule has 0 unspecified atom stereocenters. The second-order valence-corrected chi connectivity index (χ2v) is 4.91. The lowest BCUT2D eigenvalue weighted by atomic mass is 9.99. The molecule has 2 N–H and O–H groups in total. The van der Waals surface area contributed by atoms with Gasteiger partial charge in [0.1, 0.15) is 23.0 Å². The number of carboxylic acid groups (broad SMARTS) is 1. The van der Waals surface area contributed by atoms with E-state index < -0.39 is 17.6 Å². The van der Waals surface area contributed by atoms with Gasteiger partial charge in [0, 0.05) is 17.3 Å². The zero-order chi connectivity index (χ0) is 16.6. The average molecular weight is 314 g/mol. The van der Waals surface area contributed by atoms with Crippen molar-refractivity contribution in [3.8, 4) is 11.3 Å². The highest BCUT2D eigenvalue weighted by Crippen LogP contribution is 2.28. The number of nitrogens with one attached hydrogen (secondary N) is 1. The Bertz CT molecular complexity index is 910. The summed E-state index contributed by atoms with van der Waals surface area (Å²) in [5, 5.41) is 12.7. The third kappa shape index (κ3) is 2.64. The predicted molar refractivity (Wildman–Crippen MR) is 77.8 cm³/mol. The SMILES string of the molecule is Cc1onc(-c2cccc(F)c2)c1C(=O)c1c[nH]c(C(=O)O)c1. The summed E-state index contributed by atoms with van der Waals surface area (Å²) < 4.78 is 18.5. The van der Waals surface area contributed by atoms with Crippen LogP contribution >= 0.6 is 0 Å². The fourth-order valence-corrected chi connectivity index (χ4v) is 2.27. The molecule has 2 heterocycles. The van der Waals surface area contributed by atoms with E-state index in [1.54, 1.807) is 13.0 Å². The van der Waals surface area contributed by atoms with E-state index in [4.69, 9.17) is 9.63 Å². The van der Waals surface area contributed by atoms with Crippen molar-refractivity contribution in [3.63, 3.8) is 0 Å². The lowest BCUT2D eigenvalue weighted by molar-refractivity contribution is 0.0691. The first-order valence-electron chi connectivity index (χ1n) is 6.66. The summed E-state index contributed by atoms with van der Waals surface area (Å²) in [4.78, 5) is 26.0. The van der Waals surface area contributed by atoms with Crippen LogP contribution in [0, 0.1) is 12.7 Å². The van der Waals surface area contributed by atoms with Gasteiger partial charge in [-0.25, -0.2) is 9.18 Å². The Kier molecular flexibility index (Phi) is 3.53. The molecule has 7 heteroatoms. The maximum absolute atomic E-state index is 13.4. The van der Waals surface area contributed by atoms with Crippen LogP contribution < -0.4 is 0 Å². The molecule has 116 valence electrons. The highest BCUT2D eigenvalue weighted by Gasteiger charge is 2.24. The number of carbonyl (C=O) groups is 2. The minimum absolute atomic E-state index is 0.102. The van der Waals surface area contributed by atoms with Crippen molar-refractivity contribution in [2.75, 3.05) is 0 Å². The fraction of sp³-hybridized carbons (Fsp3) is 0.0625. The number of hydrogen-bond donors (Lipinski definition) is 2. The summed E-state index contributed by atoms with van der Waals surface area (Å²) >= 11 is 0. The standard InChI is InChI=1S/C16H11FN2O4/c1-8-13(15(20)10-6-12(16(21)22)18-7-10)14(19-23-8)9-3-2-4-11(17)5-9/h2-7,18H,1H3,(H,21,22). The molecule has 0 fully saturated rings. The number of carbonyl (C=O) groups excluding carboxylic acids is 1. The minimum atomic E-state index is -1.17. The Labute approximate surface area is 129 Å². The molecule has 0 spiro atoms. The monoisotopic (exact) mass is 314 g/mol. The van der Waals surface area contributed by atoms with Gasteiger partial charge in [0.25, 0.3) is 0 Å². The molecule has 0 atom stereocenters. The van der Waals surface area contributed by atoms with E-state index in [0.717, 1.165) is 0 Å².